The number of nitrogens with two attached hydrogens (primary N) is 2. The van der Waals surface area contributed by atoms with Crippen LogP contribution in [-0.2, 0) is 9.59 Å². The average Bonchev–Trinajstić information content (AvgIpc) is 2.42. The number of hydrogen-bond acceptors (Lipinski definition) is 4. The van der Waals surface area contributed by atoms with Crippen molar-refractivity contribution in [1.82, 2.24) is 10.6 Å². The van der Waals surface area contributed by atoms with E-state index in [-0.39, 0.29) is 24.2 Å². The highest BCUT2D eigenvalue weighted by atomic mass is 16.4. The number of carboxylic acid groups (broad SMARTS) is 1. The summed E-state index contributed by atoms with van der Waals surface area (Å²) < 4.78 is 0. The maximum absolute atomic E-state index is 11.6. The van der Waals surface area contributed by atoms with Crippen LogP contribution in [0.5, 0.6) is 0 Å². The van der Waals surface area contributed by atoms with Gasteiger partial charge in [-0.1, -0.05) is 6.42 Å². The van der Waals surface area contributed by atoms with Gasteiger partial charge in [-0.25, -0.2) is 0 Å². The van der Waals surface area contributed by atoms with Gasteiger partial charge in [0.1, 0.15) is 0 Å². The van der Waals surface area contributed by atoms with Gasteiger partial charge in [0, 0.05) is 25.9 Å². The van der Waals surface area contributed by atoms with Crippen molar-refractivity contribution < 1.29 is 14.7 Å². The Balaban J connectivity index is 3.59. The minimum Gasteiger partial charge on any atom is -0.481 e. The van der Waals surface area contributed by atoms with Crippen molar-refractivity contribution in [3.8, 4) is 0 Å². The maximum atomic E-state index is 11.6. The fourth-order valence-electron chi connectivity index (χ4n) is 1.79. The van der Waals surface area contributed by atoms with Crippen LogP contribution in [0.25, 0.3) is 0 Å². The molecule has 0 bridgehead atoms. The molecule has 0 aliphatic rings. The molecule has 0 aromatic carbocycles. The predicted octanol–water partition coefficient (Wildman–Crippen LogP) is -0.414. The van der Waals surface area contributed by atoms with Gasteiger partial charge in [0.15, 0.2) is 5.96 Å². The molecule has 0 aliphatic heterocycles. The standard InChI is InChI=1S/C13H27N5O3/c14-8-10(5-6-12(20)21)9-18-11(19)4-2-1-3-7-17-13(15)16/h10H,1-9,14H2,(H,18,19)(H,20,21)(H4,15,16,17). The van der Waals surface area contributed by atoms with Crippen LogP contribution < -0.4 is 22.1 Å². The van der Waals surface area contributed by atoms with E-state index < -0.39 is 5.97 Å². The van der Waals surface area contributed by atoms with Gasteiger partial charge < -0.3 is 27.2 Å². The lowest BCUT2D eigenvalue weighted by molar-refractivity contribution is -0.137. The third-order valence-corrected chi connectivity index (χ3v) is 3.08. The van der Waals surface area contributed by atoms with Gasteiger partial charge in [0.25, 0.3) is 0 Å². The van der Waals surface area contributed by atoms with E-state index in [4.69, 9.17) is 22.0 Å². The van der Waals surface area contributed by atoms with E-state index in [1.807, 2.05) is 0 Å². The zero-order valence-corrected chi connectivity index (χ0v) is 12.4. The van der Waals surface area contributed by atoms with Crippen LogP contribution in [0.1, 0.15) is 38.5 Å². The summed E-state index contributed by atoms with van der Waals surface area (Å²) in [5.41, 5.74) is 10.7. The molecule has 0 aromatic heterocycles. The lowest BCUT2D eigenvalue weighted by Crippen LogP contribution is -2.33. The molecule has 1 amide bonds. The van der Waals surface area contributed by atoms with E-state index in [0.29, 0.717) is 32.5 Å². The molecule has 0 rings (SSSR count). The number of carbonyl (C=O) groups excluding carboxylic acids is 1. The van der Waals surface area contributed by atoms with Crippen LogP contribution in [0.4, 0.5) is 0 Å². The highest BCUT2D eigenvalue weighted by molar-refractivity contribution is 5.75. The first-order chi connectivity index (χ1) is 9.95. The van der Waals surface area contributed by atoms with Gasteiger partial charge >= 0.3 is 5.97 Å². The van der Waals surface area contributed by atoms with E-state index in [2.05, 4.69) is 10.6 Å². The molecule has 8 heteroatoms. The van der Waals surface area contributed by atoms with Gasteiger partial charge in [-0.2, -0.15) is 0 Å². The molecule has 8 nitrogen and oxygen atoms in total. The second kappa shape index (κ2) is 12.0. The third-order valence-electron chi connectivity index (χ3n) is 3.08. The fraction of sp³-hybridized carbons (Fsp3) is 0.769. The zero-order chi connectivity index (χ0) is 16.1. The summed E-state index contributed by atoms with van der Waals surface area (Å²) in [5, 5.41) is 21.1. The first-order valence-corrected chi connectivity index (χ1v) is 7.22. The first kappa shape index (κ1) is 19.2. The van der Waals surface area contributed by atoms with Crippen molar-refractivity contribution in [2.24, 2.45) is 17.4 Å². The van der Waals surface area contributed by atoms with Crippen LogP contribution in [0, 0.1) is 11.3 Å². The van der Waals surface area contributed by atoms with Gasteiger partial charge in [0.2, 0.25) is 5.91 Å². The van der Waals surface area contributed by atoms with Crippen molar-refractivity contribution in [3.63, 3.8) is 0 Å². The minimum absolute atomic E-state index is 0.00446. The maximum Gasteiger partial charge on any atom is 0.303 e. The van der Waals surface area contributed by atoms with E-state index in [1.165, 1.54) is 0 Å². The number of carbonyl (C=O) groups is 2. The molecule has 0 saturated heterocycles. The molecular formula is C13H27N5O3. The summed E-state index contributed by atoms with van der Waals surface area (Å²) in [7, 11) is 0. The SMILES string of the molecule is N=C(N)NCCCCCC(=O)NCC(CN)CCC(=O)O. The molecule has 1 atom stereocenters. The third kappa shape index (κ3) is 12.9. The van der Waals surface area contributed by atoms with Crippen LogP contribution >= 0.6 is 0 Å². The number of hydrogen-bond donors (Lipinski definition) is 6. The Morgan fingerprint density at radius 1 is 1.14 bits per heavy atom. The molecule has 0 spiro atoms. The summed E-state index contributed by atoms with van der Waals surface area (Å²) in [6, 6.07) is 0. The van der Waals surface area contributed by atoms with Crippen LogP contribution in [-0.4, -0.2) is 42.6 Å². The van der Waals surface area contributed by atoms with Gasteiger partial charge in [-0.15, -0.1) is 0 Å². The Morgan fingerprint density at radius 2 is 1.86 bits per heavy atom. The Hall–Kier alpha value is -1.83. The highest BCUT2D eigenvalue weighted by Gasteiger charge is 2.10. The van der Waals surface area contributed by atoms with E-state index >= 15 is 0 Å². The topological polar surface area (TPSA) is 154 Å². The molecule has 0 aromatic rings. The molecule has 0 saturated carbocycles. The number of carboxylic acids is 1. The Kier molecular flexibility index (Phi) is 10.9. The number of amides is 1. The number of nitrogens with one attached hydrogen (secondary N) is 3. The molecule has 0 fully saturated rings. The van der Waals surface area contributed by atoms with Crippen LogP contribution in [0.3, 0.4) is 0 Å². The molecule has 1 unspecified atom stereocenters. The molecular weight excluding hydrogens is 274 g/mol. The molecule has 0 aliphatic carbocycles. The lowest BCUT2D eigenvalue weighted by atomic mass is 10.0. The zero-order valence-electron chi connectivity index (χ0n) is 12.4. The van der Waals surface area contributed by atoms with Gasteiger partial charge in [-0.3, -0.25) is 15.0 Å². The van der Waals surface area contributed by atoms with Gasteiger partial charge in [0.05, 0.1) is 0 Å². The molecule has 122 valence electrons. The summed E-state index contributed by atoms with van der Waals surface area (Å²) in [5.74, 6) is -0.922. The highest BCUT2D eigenvalue weighted by Crippen LogP contribution is 2.04. The van der Waals surface area contributed by atoms with Gasteiger partial charge in [-0.05, 0) is 31.7 Å². The van der Waals surface area contributed by atoms with Crippen molar-refractivity contribution in [3.05, 3.63) is 0 Å². The molecule has 0 radical (unpaired) electrons. The lowest BCUT2D eigenvalue weighted by Gasteiger charge is -2.14. The summed E-state index contributed by atoms with van der Waals surface area (Å²) in [4.78, 5) is 22.1. The van der Waals surface area contributed by atoms with Crippen molar-refractivity contribution in [1.29, 1.82) is 5.41 Å². The number of aliphatic carboxylic acids is 1. The van der Waals surface area contributed by atoms with Crippen LogP contribution in [0.2, 0.25) is 0 Å². The van der Waals surface area contributed by atoms with E-state index in [9.17, 15) is 9.59 Å². The first-order valence-electron chi connectivity index (χ1n) is 7.22. The minimum atomic E-state index is -0.848. The summed E-state index contributed by atoms with van der Waals surface area (Å²) >= 11 is 0. The van der Waals surface area contributed by atoms with Crippen molar-refractivity contribution >= 4 is 17.8 Å². The number of guanidine groups is 1. The van der Waals surface area contributed by atoms with Crippen LogP contribution in [0.15, 0.2) is 0 Å². The van der Waals surface area contributed by atoms with Crippen molar-refractivity contribution in [2.75, 3.05) is 19.6 Å². The molecule has 21 heavy (non-hydrogen) atoms. The summed E-state index contributed by atoms with van der Waals surface area (Å²) in [6.45, 7) is 1.43. The smallest absolute Gasteiger partial charge is 0.303 e. The van der Waals surface area contributed by atoms with E-state index in [1.54, 1.807) is 0 Å². The summed E-state index contributed by atoms with van der Waals surface area (Å²) in [6.07, 6.45) is 3.50. The van der Waals surface area contributed by atoms with E-state index in [0.717, 1.165) is 19.3 Å². The monoisotopic (exact) mass is 301 g/mol. The second-order valence-electron chi connectivity index (χ2n) is 4.99. The Bertz CT molecular complexity index is 336. The average molecular weight is 301 g/mol. The quantitative estimate of drug-likeness (QED) is 0.163. The Morgan fingerprint density at radius 3 is 2.43 bits per heavy atom. The largest absolute Gasteiger partial charge is 0.481 e. The number of unbranched alkanes of at least 4 members (excludes halogenated alkanes) is 2. The number of rotatable bonds is 12. The second-order valence-corrected chi connectivity index (χ2v) is 4.99. The molecule has 0 heterocycles. The fourth-order valence-corrected chi connectivity index (χ4v) is 1.79. The van der Waals surface area contributed by atoms with Crippen molar-refractivity contribution in [2.45, 2.75) is 38.5 Å². The normalized spacial score (nSPS) is 11.7. The Labute approximate surface area is 125 Å². The molecule has 8 N–H and O–H groups in total. The predicted molar refractivity (Wildman–Crippen MR) is 80.8 cm³/mol.